The Morgan fingerprint density at radius 1 is 0.818 bits per heavy atom. The molecule has 110 valence electrons. The molecule has 0 bridgehead atoms. The molecule has 1 fully saturated rings. The van der Waals surface area contributed by atoms with E-state index in [1.54, 1.807) is 12.5 Å². The van der Waals surface area contributed by atoms with Crippen LogP contribution in [0.25, 0.3) is 12.2 Å². The Hall–Kier alpha value is -2.81. The minimum Gasteiger partial charge on any atom is -0.465 e. The molecule has 3 nitrogen and oxygen atoms in total. The van der Waals surface area contributed by atoms with Crippen LogP contribution >= 0.6 is 0 Å². The van der Waals surface area contributed by atoms with E-state index in [9.17, 15) is 4.79 Å². The number of ketones is 1. The number of Topliss-reactive ketones (excluding diaryl/α,β-unsaturated/α-hetero) is 1. The van der Waals surface area contributed by atoms with Gasteiger partial charge in [0.25, 0.3) is 0 Å². The van der Waals surface area contributed by atoms with Gasteiger partial charge in [0.1, 0.15) is 11.5 Å². The predicted octanol–water partition coefficient (Wildman–Crippen LogP) is 4.81. The molecule has 1 aliphatic carbocycles. The van der Waals surface area contributed by atoms with Gasteiger partial charge in [-0.2, -0.15) is 0 Å². The van der Waals surface area contributed by atoms with Crippen LogP contribution in [0.1, 0.15) is 24.4 Å². The standard InChI is InChI=1S/C19H16O3/c20-19-15(5-1-7-17-9-3-13-21-17)11-12-16(19)6-2-8-18-10-4-14-22-18/h1-10,13-14H,11-12H2/b7-1-,8-2+,15-5-,16-6+. The van der Waals surface area contributed by atoms with Gasteiger partial charge in [0.15, 0.2) is 5.78 Å². The van der Waals surface area contributed by atoms with Crippen molar-refractivity contribution in [2.45, 2.75) is 12.8 Å². The van der Waals surface area contributed by atoms with Crippen molar-refractivity contribution < 1.29 is 13.6 Å². The number of hydrogen-bond donors (Lipinski definition) is 0. The highest BCUT2D eigenvalue weighted by Crippen LogP contribution is 2.26. The first-order valence-corrected chi connectivity index (χ1v) is 7.19. The Bertz CT molecular complexity index is 674. The fourth-order valence-electron chi connectivity index (χ4n) is 2.31. The minimum absolute atomic E-state index is 0.119. The van der Waals surface area contributed by atoms with E-state index in [-0.39, 0.29) is 5.78 Å². The van der Waals surface area contributed by atoms with Crippen LogP contribution in [-0.2, 0) is 4.79 Å². The molecule has 2 aromatic rings. The Labute approximate surface area is 128 Å². The van der Waals surface area contributed by atoms with Gasteiger partial charge in [-0.05, 0) is 49.3 Å². The van der Waals surface area contributed by atoms with Gasteiger partial charge in [-0.15, -0.1) is 0 Å². The summed E-state index contributed by atoms with van der Waals surface area (Å²) < 4.78 is 10.4. The Morgan fingerprint density at radius 2 is 1.32 bits per heavy atom. The van der Waals surface area contributed by atoms with Crippen molar-refractivity contribution in [2.24, 2.45) is 0 Å². The van der Waals surface area contributed by atoms with Crippen molar-refractivity contribution in [1.29, 1.82) is 0 Å². The lowest BCUT2D eigenvalue weighted by atomic mass is 10.1. The van der Waals surface area contributed by atoms with Crippen LogP contribution in [0, 0.1) is 0 Å². The summed E-state index contributed by atoms with van der Waals surface area (Å²) in [4.78, 5) is 12.2. The molecule has 2 aromatic heterocycles. The van der Waals surface area contributed by atoms with Crippen LogP contribution in [0.3, 0.4) is 0 Å². The number of furan rings is 2. The number of allylic oxidation sites excluding steroid dienone is 6. The van der Waals surface area contributed by atoms with Gasteiger partial charge in [-0.1, -0.05) is 24.3 Å². The molecule has 3 rings (SSSR count). The zero-order valence-corrected chi connectivity index (χ0v) is 12.1. The second kappa shape index (κ2) is 6.76. The van der Waals surface area contributed by atoms with E-state index >= 15 is 0 Å². The van der Waals surface area contributed by atoms with E-state index in [0.717, 1.165) is 35.5 Å². The first-order valence-electron chi connectivity index (χ1n) is 7.19. The smallest absolute Gasteiger partial charge is 0.185 e. The van der Waals surface area contributed by atoms with E-state index in [0.29, 0.717) is 0 Å². The molecule has 0 aromatic carbocycles. The number of carbonyl (C=O) groups excluding carboxylic acids is 1. The van der Waals surface area contributed by atoms with Gasteiger partial charge in [-0.3, -0.25) is 4.79 Å². The van der Waals surface area contributed by atoms with Gasteiger partial charge in [0.05, 0.1) is 12.5 Å². The lowest BCUT2D eigenvalue weighted by Gasteiger charge is -1.91. The molecular weight excluding hydrogens is 276 g/mol. The third-order valence-corrected chi connectivity index (χ3v) is 3.45. The van der Waals surface area contributed by atoms with Crippen molar-refractivity contribution >= 4 is 17.9 Å². The molecule has 0 unspecified atom stereocenters. The molecule has 0 N–H and O–H groups in total. The van der Waals surface area contributed by atoms with Crippen molar-refractivity contribution in [3.63, 3.8) is 0 Å². The van der Waals surface area contributed by atoms with E-state index < -0.39 is 0 Å². The normalized spacial score (nSPS) is 19.4. The third-order valence-electron chi connectivity index (χ3n) is 3.45. The summed E-state index contributed by atoms with van der Waals surface area (Å²) in [6, 6.07) is 7.41. The Kier molecular flexibility index (Phi) is 4.35. The maximum absolute atomic E-state index is 12.2. The maximum Gasteiger partial charge on any atom is 0.185 e. The van der Waals surface area contributed by atoms with Gasteiger partial charge in [-0.25, -0.2) is 0 Å². The Morgan fingerprint density at radius 3 is 1.73 bits per heavy atom. The van der Waals surface area contributed by atoms with Gasteiger partial charge in [0, 0.05) is 11.1 Å². The zero-order valence-electron chi connectivity index (χ0n) is 12.1. The largest absolute Gasteiger partial charge is 0.465 e. The number of carbonyl (C=O) groups is 1. The molecule has 0 aliphatic heterocycles. The summed E-state index contributed by atoms with van der Waals surface area (Å²) in [5, 5.41) is 0. The number of hydrogen-bond acceptors (Lipinski definition) is 3. The summed E-state index contributed by atoms with van der Waals surface area (Å²) in [5.41, 5.74) is 1.67. The predicted molar refractivity (Wildman–Crippen MR) is 85.9 cm³/mol. The molecule has 0 radical (unpaired) electrons. The van der Waals surface area contributed by atoms with E-state index in [1.165, 1.54) is 0 Å². The van der Waals surface area contributed by atoms with Gasteiger partial charge in [0.2, 0.25) is 0 Å². The van der Waals surface area contributed by atoms with Crippen LogP contribution in [0.15, 0.2) is 81.1 Å². The second-order valence-electron chi connectivity index (χ2n) is 4.96. The van der Waals surface area contributed by atoms with Crippen LogP contribution < -0.4 is 0 Å². The highest BCUT2D eigenvalue weighted by Gasteiger charge is 2.21. The summed E-state index contributed by atoms with van der Waals surface area (Å²) in [6.45, 7) is 0. The fraction of sp³-hybridized carbons (Fsp3) is 0.105. The topological polar surface area (TPSA) is 43.4 Å². The first-order chi connectivity index (χ1) is 10.8. The average molecular weight is 292 g/mol. The minimum atomic E-state index is 0.119. The highest BCUT2D eigenvalue weighted by atomic mass is 16.3. The summed E-state index contributed by atoms with van der Waals surface area (Å²) in [5.74, 6) is 1.67. The molecule has 22 heavy (non-hydrogen) atoms. The number of rotatable bonds is 4. The Balaban J connectivity index is 1.64. The monoisotopic (exact) mass is 292 g/mol. The van der Waals surface area contributed by atoms with E-state index in [2.05, 4.69) is 0 Å². The van der Waals surface area contributed by atoms with E-state index in [4.69, 9.17) is 8.83 Å². The summed E-state index contributed by atoms with van der Waals surface area (Å²) in [6.07, 6.45) is 15.9. The molecule has 0 atom stereocenters. The van der Waals surface area contributed by atoms with Crippen LogP contribution in [0.5, 0.6) is 0 Å². The van der Waals surface area contributed by atoms with Crippen molar-refractivity contribution in [3.8, 4) is 0 Å². The summed E-state index contributed by atoms with van der Waals surface area (Å²) >= 11 is 0. The lowest BCUT2D eigenvalue weighted by molar-refractivity contribution is -0.111. The molecule has 0 spiro atoms. The average Bonchev–Trinajstić information content (AvgIpc) is 3.25. The fourth-order valence-corrected chi connectivity index (χ4v) is 2.31. The second-order valence-corrected chi connectivity index (χ2v) is 4.96. The lowest BCUT2D eigenvalue weighted by Crippen LogP contribution is -1.94. The SMILES string of the molecule is O=C1/C(=C\C=C/c2ccco2)CC/C1=C\C=C\c1ccco1. The molecule has 1 saturated carbocycles. The first kappa shape index (κ1) is 14.1. The third kappa shape index (κ3) is 3.44. The quantitative estimate of drug-likeness (QED) is 0.759. The maximum atomic E-state index is 12.2. The van der Waals surface area contributed by atoms with Crippen LogP contribution in [0.2, 0.25) is 0 Å². The van der Waals surface area contributed by atoms with Crippen LogP contribution in [0.4, 0.5) is 0 Å². The molecule has 2 heterocycles. The molecule has 1 aliphatic rings. The molecule has 0 amide bonds. The molecule has 0 saturated heterocycles. The van der Waals surface area contributed by atoms with Crippen molar-refractivity contribution in [2.75, 3.05) is 0 Å². The molecular formula is C19H16O3. The summed E-state index contributed by atoms with van der Waals surface area (Å²) in [7, 11) is 0. The van der Waals surface area contributed by atoms with Gasteiger partial charge < -0.3 is 8.83 Å². The van der Waals surface area contributed by atoms with Crippen molar-refractivity contribution in [1.82, 2.24) is 0 Å². The zero-order chi connectivity index (χ0) is 15.2. The van der Waals surface area contributed by atoms with Gasteiger partial charge >= 0.3 is 0 Å². The van der Waals surface area contributed by atoms with Crippen molar-refractivity contribution in [3.05, 3.63) is 83.8 Å². The van der Waals surface area contributed by atoms with Crippen LogP contribution in [-0.4, -0.2) is 5.78 Å². The molecule has 3 heteroatoms. The highest BCUT2D eigenvalue weighted by molar-refractivity contribution is 6.11. The van der Waals surface area contributed by atoms with E-state index in [1.807, 2.05) is 60.7 Å².